The number of urea groups is 1. The predicted octanol–water partition coefficient (Wildman–Crippen LogP) is 1.37. The summed E-state index contributed by atoms with van der Waals surface area (Å²) in [7, 11) is 0. The Morgan fingerprint density at radius 3 is 2.61 bits per heavy atom. The molecule has 1 aromatic rings. The van der Waals surface area contributed by atoms with Crippen molar-refractivity contribution in [3.05, 3.63) is 59.8 Å². The maximum Gasteiger partial charge on any atom is 0.322 e. The molecule has 0 bridgehead atoms. The highest BCUT2D eigenvalue weighted by Gasteiger charge is 2.43. The summed E-state index contributed by atoms with van der Waals surface area (Å²) in [6, 6.07) is 9.07. The van der Waals surface area contributed by atoms with Crippen molar-refractivity contribution >= 4 is 11.9 Å². The average Bonchev–Trinajstić information content (AvgIpc) is 3.06. The summed E-state index contributed by atoms with van der Waals surface area (Å²) < 4.78 is 5.39. The molecule has 7 nitrogen and oxygen atoms in total. The van der Waals surface area contributed by atoms with Crippen LogP contribution in [-0.2, 0) is 9.53 Å². The number of carbonyl (C=O) groups excluding carboxylic acids is 2. The number of hydrogen-bond donors (Lipinski definition) is 1. The summed E-state index contributed by atoms with van der Waals surface area (Å²) in [5, 5.41) is 3.00. The first-order chi connectivity index (χ1) is 13.7. The molecule has 3 amide bonds. The van der Waals surface area contributed by atoms with Gasteiger partial charge in [-0.15, -0.1) is 6.58 Å². The molecule has 4 rings (SSSR count). The summed E-state index contributed by atoms with van der Waals surface area (Å²) in [5.74, 6) is 0.00572. The molecule has 28 heavy (non-hydrogen) atoms. The van der Waals surface area contributed by atoms with Crippen LogP contribution >= 0.6 is 0 Å². The fourth-order valence-corrected chi connectivity index (χ4v) is 4.03. The molecule has 0 radical (unpaired) electrons. The number of benzene rings is 1. The molecule has 3 aliphatic heterocycles. The van der Waals surface area contributed by atoms with E-state index in [-0.39, 0.29) is 11.9 Å². The third kappa shape index (κ3) is 3.55. The Hall–Kier alpha value is -2.64. The van der Waals surface area contributed by atoms with Crippen molar-refractivity contribution in [3.8, 4) is 0 Å². The van der Waals surface area contributed by atoms with Crippen LogP contribution in [0.4, 0.5) is 4.79 Å². The van der Waals surface area contributed by atoms with Gasteiger partial charge in [0.25, 0.3) is 5.91 Å². The summed E-state index contributed by atoms with van der Waals surface area (Å²) >= 11 is 0. The molecule has 1 unspecified atom stereocenters. The summed E-state index contributed by atoms with van der Waals surface area (Å²) in [6.45, 7) is 9.33. The summed E-state index contributed by atoms with van der Waals surface area (Å²) in [4.78, 5) is 31.8. The van der Waals surface area contributed by atoms with E-state index in [0.717, 1.165) is 44.1 Å². The van der Waals surface area contributed by atoms with E-state index >= 15 is 0 Å². The largest absolute Gasteiger partial charge is 0.379 e. The van der Waals surface area contributed by atoms with Crippen LogP contribution in [0.3, 0.4) is 0 Å². The first-order valence-corrected chi connectivity index (χ1v) is 9.75. The molecule has 1 N–H and O–H groups in total. The Labute approximate surface area is 165 Å². The van der Waals surface area contributed by atoms with Crippen LogP contribution in [0.1, 0.15) is 11.6 Å². The predicted molar refractivity (Wildman–Crippen MR) is 105 cm³/mol. The Morgan fingerprint density at radius 2 is 1.89 bits per heavy atom. The van der Waals surface area contributed by atoms with Gasteiger partial charge in [0.15, 0.2) is 0 Å². The van der Waals surface area contributed by atoms with Gasteiger partial charge in [-0.05, 0) is 5.56 Å². The molecule has 1 fully saturated rings. The molecule has 1 aromatic carbocycles. The van der Waals surface area contributed by atoms with Crippen molar-refractivity contribution in [2.75, 3.05) is 52.5 Å². The fourth-order valence-electron chi connectivity index (χ4n) is 4.03. The second-order valence-corrected chi connectivity index (χ2v) is 7.23. The SMILES string of the molecule is C=CCN1C(=O)NC(c2ccccc2)C2=C1CN(CCN1CCOCC1)C2=O. The zero-order valence-corrected chi connectivity index (χ0v) is 16.0. The van der Waals surface area contributed by atoms with Crippen LogP contribution in [0, 0.1) is 0 Å². The van der Waals surface area contributed by atoms with Crippen molar-refractivity contribution < 1.29 is 14.3 Å². The molecule has 3 heterocycles. The number of nitrogens with zero attached hydrogens (tertiary/aromatic N) is 3. The van der Waals surface area contributed by atoms with E-state index in [9.17, 15) is 9.59 Å². The smallest absolute Gasteiger partial charge is 0.322 e. The highest BCUT2D eigenvalue weighted by Crippen LogP contribution is 2.36. The fraction of sp³-hybridized carbons (Fsp3) is 0.429. The number of rotatable bonds is 6. The molecule has 0 spiro atoms. The van der Waals surface area contributed by atoms with Gasteiger partial charge in [-0.2, -0.15) is 0 Å². The van der Waals surface area contributed by atoms with Crippen LogP contribution in [0.25, 0.3) is 0 Å². The lowest BCUT2D eigenvalue weighted by molar-refractivity contribution is -0.126. The monoisotopic (exact) mass is 382 g/mol. The molecular weight excluding hydrogens is 356 g/mol. The quantitative estimate of drug-likeness (QED) is 0.755. The van der Waals surface area contributed by atoms with Gasteiger partial charge in [0.1, 0.15) is 0 Å². The molecule has 0 saturated carbocycles. The van der Waals surface area contributed by atoms with Crippen LogP contribution in [0.15, 0.2) is 54.3 Å². The molecular formula is C21H26N4O3. The molecule has 148 valence electrons. The van der Waals surface area contributed by atoms with Crippen molar-refractivity contribution in [1.82, 2.24) is 20.0 Å². The van der Waals surface area contributed by atoms with Crippen LogP contribution < -0.4 is 5.32 Å². The first kappa shape index (κ1) is 18.7. The Morgan fingerprint density at radius 1 is 1.14 bits per heavy atom. The minimum atomic E-state index is -0.411. The maximum absolute atomic E-state index is 13.3. The normalized spacial score (nSPS) is 23.1. The standard InChI is InChI=1S/C21H26N4O3/c1-2-8-25-17-15-24(10-9-23-11-13-28-14-12-23)20(26)18(17)19(22-21(25)27)16-6-4-3-5-7-16/h2-7,19H,1,8-15H2,(H,22,27). The van der Waals surface area contributed by atoms with E-state index in [4.69, 9.17) is 4.74 Å². The first-order valence-electron chi connectivity index (χ1n) is 9.75. The number of ether oxygens (including phenoxy) is 1. The highest BCUT2D eigenvalue weighted by molar-refractivity contribution is 6.01. The minimum absolute atomic E-state index is 0.00572. The van der Waals surface area contributed by atoms with Crippen molar-refractivity contribution in [2.24, 2.45) is 0 Å². The molecule has 7 heteroatoms. The Kier molecular flexibility index (Phi) is 5.45. The van der Waals surface area contributed by atoms with E-state index in [2.05, 4.69) is 16.8 Å². The van der Waals surface area contributed by atoms with Crippen molar-refractivity contribution in [1.29, 1.82) is 0 Å². The van der Waals surface area contributed by atoms with Gasteiger partial charge in [0.05, 0.1) is 37.1 Å². The number of hydrogen-bond acceptors (Lipinski definition) is 4. The highest BCUT2D eigenvalue weighted by atomic mass is 16.5. The van der Waals surface area contributed by atoms with Crippen LogP contribution in [0.5, 0.6) is 0 Å². The lowest BCUT2D eigenvalue weighted by Gasteiger charge is -2.33. The molecule has 1 saturated heterocycles. The van der Waals surface area contributed by atoms with Crippen molar-refractivity contribution in [2.45, 2.75) is 6.04 Å². The molecule has 1 atom stereocenters. The van der Waals surface area contributed by atoms with E-state index in [1.165, 1.54) is 0 Å². The number of carbonyl (C=O) groups is 2. The van der Waals surface area contributed by atoms with Gasteiger partial charge in [0.2, 0.25) is 0 Å². The second-order valence-electron chi connectivity index (χ2n) is 7.23. The summed E-state index contributed by atoms with van der Waals surface area (Å²) in [6.07, 6.45) is 1.69. The van der Waals surface area contributed by atoms with Crippen LogP contribution in [-0.4, -0.2) is 79.1 Å². The van der Waals surface area contributed by atoms with Gasteiger partial charge < -0.3 is 15.0 Å². The van der Waals surface area contributed by atoms with Crippen molar-refractivity contribution in [3.63, 3.8) is 0 Å². The second kappa shape index (κ2) is 8.16. The van der Waals surface area contributed by atoms with E-state index < -0.39 is 6.04 Å². The Balaban J connectivity index is 1.57. The third-order valence-electron chi connectivity index (χ3n) is 5.53. The van der Waals surface area contributed by atoms with Gasteiger partial charge in [-0.1, -0.05) is 36.4 Å². The van der Waals surface area contributed by atoms with Gasteiger partial charge >= 0.3 is 6.03 Å². The van der Waals surface area contributed by atoms with Crippen LogP contribution in [0.2, 0.25) is 0 Å². The van der Waals surface area contributed by atoms with E-state index in [1.807, 2.05) is 35.2 Å². The maximum atomic E-state index is 13.3. The topological polar surface area (TPSA) is 65.1 Å². The third-order valence-corrected chi connectivity index (χ3v) is 5.53. The average molecular weight is 382 g/mol. The minimum Gasteiger partial charge on any atom is -0.379 e. The molecule has 3 aliphatic rings. The lowest BCUT2D eigenvalue weighted by Crippen LogP contribution is -2.47. The Bertz CT molecular complexity index is 786. The number of morpholine rings is 1. The number of amides is 3. The van der Waals surface area contributed by atoms with E-state index in [0.29, 0.717) is 25.2 Å². The molecule has 0 aliphatic carbocycles. The lowest BCUT2D eigenvalue weighted by atomic mass is 9.95. The zero-order valence-electron chi connectivity index (χ0n) is 16.0. The van der Waals surface area contributed by atoms with Gasteiger partial charge in [0, 0.05) is 32.7 Å². The molecule has 0 aromatic heterocycles. The zero-order chi connectivity index (χ0) is 19.5. The van der Waals surface area contributed by atoms with Gasteiger partial charge in [-0.3, -0.25) is 14.6 Å². The van der Waals surface area contributed by atoms with Gasteiger partial charge in [-0.25, -0.2) is 4.79 Å². The summed E-state index contributed by atoms with van der Waals surface area (Å²) in [5.41, 5.74) is 2.39. The van der Waals surface area contributed by atoms with E-state index in [1.54, 1.807) is 11.0 Å². The number of nitrogens with one attached hydrogen (secondary N) is 1.